The lowest BCUT2D eigenvalue weighted by Crippen LogP contribution is -2.54. The maximum absolute atomic E-state index is 13.1. The van der Waals surface area contributed by atoms with E-state index in [2.05, 4.69) is 5.32 Å². The summed E-state index contributed by atoms with van der Waals surface area (Å²) in [5, 5.41) is 2.31. The quantitative estimate of drug-likeness (QED) is 0.809. The maximum atomic E-state index is 13.1. The standard InChI is InChI=1S/C17H22F3N3O2.ClH/c1-10(24)22-13-7-11(6-12(8-13)17(18,19)20)15(25)23-5-4-14(21)16(2,3)9-23;/h6-8,14H,4-5,9,21H2,1-3H3,(H,22,24);1H. The van der Waals surface area contributed by atoms with Gasteiger partial charge in [-0.05, 0) is 30.0 Å². The minimum absolute atomic E-state index is 0. The number of carbonyl (C=O) groups is 2. The number of anilines is 1. The van der Waals surface area contributed by atoms with Crippen molar-refractivity contribution in [3.63, 3.8) is 0 Å². The van der Waals surface area contributed by atoms with Gasteiger partial charge in [0.25, 0.3) is 5.91 Å². The number of nitrogens with two attached hydrogens (primary N) is 1. The van der Waals surface area contributed by atoms with Gasteiger partial charge in [0.05, 0.1) is 5.56 Å². The van der Waals surface area contributed by atoms with Crippen molar-refractivity contribution in [2.75, 3.05) is 18.4 Å². The average Bonchev–Trinajstić information content (AvgIpc) is 2.47. The van der Waals surface area contributed by atoms with Gasteiger partial charge < -0.3 is 16.0 Å². The van der Waals surface area contributed by atoms with Crippen LogP contribution in [-0.2, 0) is 11.0 Å². The summed E-state index contributed by atoms with van der Waals surface area (Å²) in [5.74, 6) is -1.01. The van der Waals surface area contributed by atoms with E-state index in [0.29, 0.717) is 19.5 Å². The molecule has 1 aliphatic rings. The summed E-state index contributed by atoms with van der Waals surface area (Å²) in [4.78, 5) is 25.4. The van der Waals surface area contributed by atoms with E-state index in [0.717, 1.165) is 12.1 Å². The van der Waals surface area contributed by atoms with Crippen molar-refractivity contribution in [2.45, 2.75) is 39.4 Å². The first-order chi connectivity index (χ1) is 11.4. The van der Waals surface area contributed by atoms with Gasteiger partial charge in [0.2, 0.25) is 5.91 Å². The molecule has 1 atom stereocenters. The van der Waals surface area contributed by atoms with Crippen LogP contribution in [0.3, 0.4) is 0 Å². The van der Waals surface area contributed by atoms with E-state index in [4.69, 9.17) is 5.73 Å². The summed E-state index contributed by atoms with van der Waals surface area (Å²) < 4.78 is 39.3. The minimum atomic E-state index is -4.62. The van der Waals surface area contributed by atoms with Gasteiger partial charge in [-0.25, -0.2) is 0 Å². The fourth-order valence-corrected chi connectivity index (χ4v) is 2.92. The van der Waals surface area contributed by atoms with Gasteiger partial charge in [0, 0.05) is 37.3 Å². The Hall–Kier alpha value is -1.80. The Morgan fingerprint density at radius 3 is 2.38 bits per heavy atom. The first-order valence-electron chi connectivity index (χ1n) is 7.95. The molecule has 0 bridgehead atoms. The molecule has 146 valence electrons. The van der Waals surface area contributed by atoms with Crippen molar-refractivity contribution < 1.29 is 22.8 Å². The summed E-state index contributed by atoms with van der Waals surface area (Å²) in [7, 11) is 0. The van der Waals surface area contributed by atoms with Crippen LogP contribution in [0.25, 0.3) is 0 Å². The van der Waals surface area contributed by atoms with Crippen molar-refractivity contribution in [3.8, 4) is 0 Å². The first kappa shape index (κ1) is 22.2. The highest BCUT2D eigenvalue weighted by molar-refractivity contribution is 5.97. The molecule has 1 aromatic rings. The number of rotatable bonds is 2. The van der Waals surface area contributed by atoms with Crippen molar-refractivity contribution in [1.29, 1.82) is 0 Å². The van der Waals surface area contributed by atoms with Crippen LogP contribution in [0.1, 0.15) is 43.1 Å². The first-order valence-corrected chi connectivity index (χ1v) is 7.95. The third kappa shape index (κ3) is 5.11. The van der Waals surface area contributed by atoms with Crippen molar-refractivity contribution in [1.82, 2.24) is 4.90 Å². The number of piperidine rings is 1. The average molecular weight is 394 g/mol. The summed E-state index contributed by atoms with van der Waals surface area (Å²) in [6, 6.07) is 2.82. The lowest BCUT2D eigenvalue weighted by atomic mass is 9.79. The molecule has 0 saturated carbocycles. The normalized spacial score (nSPS) is 19.5. The van der Waals surface area contributed by atoms with Gasteiger partial charge in [0.1, 0.15) is 0 Å². The number of halogens is 4. The molecule has 0 spiro atoms. The second kappa shape index (κ2) is 7.84. The molecule has 3 N–H and O–H groups in total. The fraction of sp³-hybridized carbons (Fsp3) is 0.529. The molecule has 5 nitrogen and oxygen atoms in total. The van der Waals surface area contributed by atoms with Crippen LogP contribution in [-0.4, -0.2) is 35.8 Å². The van der Waals surface area contributed by atoms with Crippen molar-refractivity contribution >= 4 is 29.9 Å². The van der Waals surface area contributed by atoms with Gasteiger partial charge in [0.15, 0.2) is 0 Å². The number of hydrogen-bond acceptors (Lipinski definition) is 3. The molecular formula is C17H23ClF3N3O2. The zero-order chi connectivity index (χ0) is 19.0. The number of likely N-dealkylation sites (tertiary alicyclic amines) is 1. The van der Waals surface area contributed by atoms with Crippen LogP contribution >= 0.6 is 12.4 Å². The third-order valence-corrected chi connectivity index (χ3v) is 4.43. The third-order valence-electron chi connectivity index (χ3n) is 4.43. The molecule has 0 radical (unpaired) electrons. The number of carbonyl (C=O) groups excluding carboxylic acids is 2. The Labute approximate surface area is 156 Å². The maximum Gasteiger partial charge on any atom is 0.416 e. The van der Waals surface area contributed by atoms with Gasteiger partial charge >= 0.3 is 6.18 Å². The number of benzene rings is 1. The molecule has 0 aliphatic carbocycles. The van der Waals surface area contributed by atoms with E-state index in [1.807, 2.05) is 13.8 Å². The van der Waals surface area contributed by atoms with E-state index in [-0.39, 0.29) is 35.1 Å². The van der Waals surface area contributed by atoms with Gasteiger partial charge in [-0.1, -0.05) is 13.8 Å². The number of nitrogens with zero attached hydrogens (tertiary/aromatic N) is 1. The molecule has 1 aliphatic heterocycles. The highest BCUT2D eigenvalue weighted by atomic mass is 35.5. The van der Waals surface area contributed by atoms with E-state index < -0.39 is 23.6 Å². The number of amides is 2. The molecule has 26 heavy (non-hydrogen) atoms. The van der Waals surface area contributed by atoms with Gasteiger partial charge in [-0.3, -0.25) is 9.59 Å². The van der Waals surface area contributed by atoms with E-state index in [1.165, 1.54) is 17.9 Å². The molecule has 1 unspecified atom stereocenters. The SMILES string of the molecule is CC(=O)Nc1cc(C(=O)N2CCC(N)C(C)(C)C2)cc(C(F)(F)F)c1.Cl. The molecule has 1 saturated heterocycles. The second-order valence-corrected chi connectivity index (χ2v) is 7.09. The fourth-order valence-electron chi connectivity index (χ4n) is 2.92. The zero-order valence-electron chi connectivity index (χ0n) is 14.8. The largest absolute Gasteiger partial charge is 0.416 e. The van der Waals surface area contributed by atoms with E-state index in [1.54, 1.807) is 0 Å². The van der Waals surface area contributed by atoms with Crippen LogP contribution in [0.4, 0.5) is 18.9 Å². The molecule has 2 rings (SSSR count). The summed E-state index contributed by atoms with van der Waals surface area (Å²) in [6.45, 7) is 5.78. The number of hydrogen-bond donors (Lipinski definition) is 2. The Kier molecular flexibility index (Phi) is 6.70. The van der Waals surface area contributed by atoms with Gasteiger partial charge in [-0.15, -0.1) is 12.4 Å². The van der Waals surface area contributed by atoms with Crippen molar-refractivity contribution in [2.24, 2.45) is 11.1 Å². The Balaban J connectivity index is 0.00000338. The smallest absolute Gasteiger partial charge is 0.338 e. The van der Waals surface area contributed by atoms with Crippen LogP contribution in [0.15, 0.2) is 18.2 Å². The molecule has 2 amide bonds. The van der Waals surface area contributed by atoms with Crippen molar-refractivity contribution in [3.05, 3.63) is 29.3 Å². The Bertz CT molecular complexity index is 692. The number of alkyl halides is 3. The Morgan fingerprint density at radius 2 is 1.88 bits per heavy atom. The Morgan fingerprint density at radius 1 is 1.27 bits per heavy atom. The lowest BCUT2D eigenvalue weighted by molar-refractivity contribution is -0.137. The molecule has 1 aromatic carbocycles. The summed E-state index contributed by atoms with van der Waals surface area (Å²) >= 11 is 0. The second-order valence-electron chi connectivity index (χ2n) is 7.09. The van der Waals surface area contributed by atoms with Crippen LogP contribution < -0.4 is 11.1 Å². The minimum Gasteiger partial charge on any atom is -0.338 e. The predicted octanol–water partition coefficient (Wildman–Crippen LogP) is 3.29. The van der Waals surface area contributed by atoms with E-state index in [9.17, 15) is 22.8 Å². The molecule has 1 heterocycles. The predicted molar refractivity (Wildman–Crippen MR) is 95.3 cm³/mol. The molecule has 0 aromatic heterocycles. The van der Waals surface area contributed by atoms with Crippen LogP contribution in [0.5, 0.6) is 0 Å². The molecule has 1 fully saturated rings. The van der Waals surface area contributed by atoms with Crippen LogP contribution in [0.2, 0.25) is 0 Å². The topological polar surface area (TPSA) is 75.4 Å². The number of nitrogens with one attached hydrogen (secondary N) is 1. The molecule has 9 heteroatoms. The monoisotopic (exact) mass is 393 g/mol. The van der Waals surface area contributed by atoms with Crippen LogP contribution in [0, 0.1) is 5.41 Å². The molecular weight excluding hydrogens is 371 g/mol. The lowest BCUT2D eigenvalue weighted by Gasteiger charge is -2.42. The van der Waals surface area contributed by atoms with E-state index >= 15 is 0 Å². The zero-order valence-corrected chi connectivity index (χ0v) is 15.6. The summed E-state index contributed by atoms with van der Waals surface area (Å²) in [5.41, 5.74) is 4.58. The highest BCUT2D eigenvalue weighted by Crippen LogP contribution is 2.33. The summed E-state index contributed by atoms with van der Waals surface area (Å²) in [6.07, 6.45) is -4.04. The highest BCUT2D eigenvalue weighted by Gasteiger charge is 2.37. The van der Waals surface area contributed by atoms with Gasteiger partial charge in [-0.2, -0.15) is 13.2 Å².